The van der Waals surface area contributed by atoms with Crippen LogP contribution in [0.2, 0.25) is 0 Å². The molecule has 202 valence electrons. The standard InChI is InChI=1S/C32H28FN3O4/c1-21-10-14-24(15-11-21)30(37)35-27-9-5-8-25(18-27)29-28(31(38)34-19-22-6-3-2-4-7-22)36(32(39)40-29)20-23-12-16-26(33)17-13-23/h2-18,28-29H,19-20H2,1H3,(H,34,38)(H,35,37)/t28-,29-/m0/s1. The number of nitrogens with zero attached hydrogens (tertiary/aromatic N) is 1. The van der Waals surface area contributed by atoms with Crippen LogP contribution in [0.1, 0.15) is 38.7 Å². The van der Waals surface area contributed by atoms with E-state index >= 15 is 0 Å². The number of nitrogens with one attached hydrogen (secondary N) is 2. The molecule has 1 fully saturated rings. The summed E-state index contributed by atoms with van der Waals surface area (Å²) in [5, 5.41) is 5.79. The first-order valence-electron chi connectivity index (χ1n) is 12.9. The molecule has 4 aromatic rings. The Bertz CT molecular complexity index is 1510. The maximum absolute atomic E-state index is 13.6. The van der Waals surface area contributed by atoms with Crippen molar-refractivity contribution in [2.24, 2.45) is 0 Å². The number of halogens is 1. The molecule has 4 aromatic carbocycles. The zero-order chi connectivity index (χ0) is 28.1. The summed E-state index contributed by atoms with van der Waals surface area (Å²) in [5.41, 5.74) is 4.16. The van der Waals surface area contributed by atoms with Gasteiger partial charge < -0.3 is 15.4 Å². The van der Waals surface area contributed by atoms with E-state index in [1.54, 1.807) is 48.5 Å². The molecular formula is C32H28FN3O4. The van der Waals surface area contributed by atoms with Crippen LogP contribution >= 0.6 is 0 Å². The van der Waals surface area contributed by atoms with Crippen molar-refractivity contribution in [1.29, 1.82) is 0 Å². The molecule has 0 aromatic heterocycles. The molecule has 1 aliphatic rings. The van der Waals surface area contributed by atoms with Gasteiger partial charge in [-0.05, 0) is 60.0 Å². The minimum Gasteiger partial charge on any atom is -0.438 e. The van der Waals surface area contributed by atoms with E-state index < -0.39 is 30.0 Å². The lowest BCUT2D eigenvalue weighted by atomic mass is 10.00. The highest BCUT2D eigenvalue weighted by Gasteiger charge is 2.47. The van der Waals surface area contributed by atoms with Gasteiger partial charge in [-0.25, -0.2) is 9.18 Å². The number of rotatable bonds is 8. The summed E-state index contributed by atoms with van der Waals surface area (Å²) in [4.78, 5) is 40.8. The number of aryl methyl sites for hydroxylation is 1. The van der Waals surface area contributed by atoms with Crippen molar-refractivity contribution in [3.8, 4) is 0 Å². The van der Waals surface area contributed by atoms with E-state index in [1.807, 2.05) is 49.4 Å². The molecule has 0 aliphatic carbocycles. The van der Waals surface area contributed by atoms with Gasteiger partial charge in [-0.1, -0.05) is 72.3 Å². The smallest absolute Gasteiger partial charge is 0.411 e. The van der Waals surface area contributed by atoms with Crippen molar-refractivity contribution in [2.75, 3.05) is 5.32 Å². The molecule has 0 saturated carbocycles. The zero-order valence-electron chi connectivity index (χ0n) is 21.8. The van der Waals surface area contributed by atoms with Crippen molar-refractivity contribution in [3.05, 3.63) is 137 Å². The van der Waals surface area contributed by atoms with Gasteiger partial charge >= 0.3 is 6.09 Å². The van der Waals surface area contributed by atoms with Gasteiger partial charge in [-0.15, -0.1) is 0 Å². The third kappa shape index (κ3) is 6.18. The molecule has 8 heteroatoms. The van der Waals surface area contributed by atoms with Crippen LogP contribution in [-0.4, -0.2) is 28.8 Å². The maximum atomic E-state index is 13.6. The Balaban J connectivity index is 1.40. The summed E-state index contributed by atoms with van der Waals surface area (Å²) < 4.78 is 19.2. The highest BCUT2D eigenvalue weighted by atomic mass is 19.1. The summed E-state index contributed by atoms with van der Waals surface area (Å²) in [7, 11) is 0. The van der Waals surface area contributed by atoms with Gasteiger partial charge in [0.15, 0.2) is 12.1 Å². The summed E-state index contributed by atoms with van der Waals surface area (Å²) in [6, 6.07) is 28.3. The van der Waals surface area contributed by atoms with Gasteiger partial charge in [-0.2, -0.15) is 0 Å². The third-order valence-electron chi connectivity index (χ3n) is 6.72. The van der Waals surface area contributed by atoms with Crippen LogP contribution in [0.15, 0.2) is 103 Å². The Labute approximate surface area is 231 Å². The molecule has 2 N–H and O–H groups in total. The molecule has 40 heavy (non-hydrogen) atoms. The number of hydrogen-bond acceptors (Lipinski definition) is 4. The SMILES string of the molecule is Cc1ccc(C(=O)Nc2cccc([C@@H]3OC(=O)N(Cc4ccc(F)cc4)[C@@H]3C(=O)NCc3ccccc3)c2)cc1. The largest absolute Gasteiger partial charge is 0.438 e. The van der Waals surface area contributed by atoms with Crippen LogP contribution in [-0.2, 0) is 22.6 Å². The molecule has 1 heterocycles. The number of amides is 3. The summed E-state index contributed by atoms with van der Waals surface area (Å²) in [6.45, 7) is 2.27. The third-order valence-corrected chi connectivity index (χ3v) is 6.72. The minimum atomic E-state index is -0.996. The molecule has 5 rings (SSSR count). The van der Waals surface area contributed by atoms with E-state index in [4.69, 9.17) is 4.74 Å². The van der Waals surface area contributed by atoms with Crippen molar-refractivity contribution in [2.45, 2.75) is 32.2 Å². The van der Waals surface area contributed by atoms with Crippen LogP contribution in [0.4, 0.5) is 14.9 Å². The Kier molecular flexibility index (Phi) is 7.87. The number of cyclic esters (lactones) is 1. The predicted octanol–water partition coefficient (Wildman–Crippen LogP) is 5.76. The number of hydrogen-bond donors (Lipinski definition) is 2. The number of benzene rings is 4. The molecule has 0 radical (unpaired) electrons. The van der Waals surface area contributed by atoms with E-state index in [9.17, 15) is 18.8 Å². The lowest BCUT2D eigenvalue weighted by Gasteiger charge is -2.24. The van der Waals surface area contributed by atoms with Crippen LogP contribution in [0.5, 0.6) is 0 Å². The van der Waals surface area contributed by atoms with Gasteiger partial charge in [0.1, 0.15) is 5.82 Å². The van der Waals surface area contributed by atoms with E-state index in [0.717, 1.165) is 11.1 Å². The second-order valence-corrected chi connectivity index (χ2v) is 9.65. The van der Waals surface area contributed by atoms with Crippen LogP contribution in [0.25, 0.3) is 0 Å². The van der Waals surface area contributed by atoms with Gasteiger partial charge in [0.05, 0.1) is 6.54 Å². The van der Waals surface area contributed by atoms with Crippen LogP contribution in [0, 0.1) is 12.7 Å². The molecule has 1 aliphatic heterocycles. The predicted molar refractivity (Wildman–Crippen MR) is 149 cm³/mol. The normalized spacial score (nSPS) is 16.4. The number of carbonyl (C=O) groups excluding carboxylic acids is 3. The molecule has 2 atom stereocenters. The fourth-order valence-corrected chi connectivity index (χ4v) is 4.59. The quantitative estimate of drug-likeness (QED) is 0.299. The summed E-state index contributed by atoms with van der Waals surface area (Å²) >= 11 is 0. The molecule has 0 unspecified atom stereocenters. The number of anilines is 1. The summed E-state index contributed by atoms with van der Waals surface area (Å²) in [6.07, 6.45) is -1.59. The van der Waals surface area contributed by atoms with Gasteiger partial charge in [-0.3, -0.25) is 14.5 Å². The highest BCUT2D eigenvalue weighted by Crippen LogP contribution is 2.35. The van der Waals surface area contributed by atoms with Crippen molar-refractivity contribution >= 4 is 23.6 Å². The molecule has 7 nitrogen and oxygen atoms in total. The Morgan fingerprint density at radius 2 is 1.60 bits per heavy atom. The van der Waals surface area contributed by atoms with Crippen LogP contribution in [0.3, 0.4) is 0 Å². The molecule has 0 spiro atoms. The lowest BCUT2D eigenvalue weighted by molar-refractivity contribution is -0.126. The first-order valence-corrected chi connectivity index (χ1v) is 12.9. The average molecular weight is 538 g/mol. The van der Waals surface area contributed by atoms with Crippen LogP contribution < -0.4 is 10.6 Å². The maximum Gasteiger partial charge on any atom is 0.411 e. The average Bonchev–Trinajstić information content (AvgIpc) is 3.29. The van der Waals surface area contributed by atoms with E-state index in [1.165, 1.54) is 17.0 Å². The zero-order valence-corrected chi connectivity index (χ0v) is 21.8. The minimum absolute atomic E-state index is 0.0584. The summed E-state index contributed by atoms with van der Waals surface area (Å²) in [5.74, 6) is -1.07. The van der Waals surface area contributed by atoms with Crippen molar-refractivity contribution < 1.29 is 23.5 Å². The molecule has 1 saturated heterocycles. The first kappa shape index (κ1) is 26.6. The Morgan fingerprint density at radius 1 is 0.875 bits per heavy atom. The van der Waals surface area contributed by atoms with E-state index in [-0.39, 0.29) is 19.0 Å². The van der Waals surface area contributed by atoms with Gasteiger partial charge in [0, 0.05) is 17.8 Å². The first-order chi connectivity index (χ1) is 19.4. The van der Waals surface area contributed by atoms with E-state index in [0.29, 0.717) is 22.4 Å². The Morgan fingerprint density at radius 3 is 2.33 bits per heavy atom. The van der Waals surface area contributed by atoms with Crippen molar-refractivity contribution in [1.82, 2.24) is 10.2 Å². The number of carbonyl (C=O) groups is 3. The van der Waals surface area contributed by atoms with Gasteiger partial charge in [0.2, 0.25) is 5.91 Å². The monoisotopic (exact) mass is 537 g/mol. The second-order valence-electron chi connectivity index (χ2n) is 9.65. The fraction of sp³-hybridized carbons (Fsp3) is 0.156. The number of ether oxygens (including phenoxy) is 1. The Hall–Kier alpha value is -4.98. The lowest BCUT2D eigenvalue weighted by Crippen LogP contribution is -2.46. The molecule has 0 bridgehead atoms. The molecular weight excluding hydrogens is 509 g/mol. The van der Waals surface area contributed by atoms with E-state index in [2.05, 4.69) is 10.6 Å². The molecule has 3 amide bonds. The topological polar surface area (TPSA) is 87.7 Å². The van der Waals surface area contributed by atoms with Gasteiger partial charge in [0.25, 0.3) is 5.91 Å². The fourth-order valence-electron chi connectivity index (χ4n) is 4.59. The highest BCUT2D eigenvalue weighted by molar-refractivity contribution is 6.04. The second kappa shape index (κ2) is 11.8. The van der Waals surface area contributed by atoms with Crippen molar-refractivity contribution in [3.63, 3.8) is 0 Å².